The smallest absolute Gasteiger partial charge is 0.306 e. The van der Waals surface area contributed by atoms with Gasteiger partial charge in [-0.15, -0.1) is 0 Å². The van der Waals surface area contributed by atoms with Gasteiger partial charge in [0.1, 0.15) is 6.10 Å². The van der Waals surface area contributed by atoms with Gasteiger partial charge < -0.3 is 9.84 Å². The van der Waals surface area contributed by atoms with Crippen molar-refractivity contribution < 1.29 is 19.4 Å². The quantitative estimate of drug-likeness (QED) is 0.0384. The highest BCUT2D eigenvalue weighted by Gasteiger charge is 2.14. The van der Waals surface area contributed by atoms with Crippen molar-refractivity contribution in [2.45, 2.75) is 232 Å². The number of carboxylic acid groups (broad SMARTS) is 1. The first-order valence-electron chi connectivity index (χ1n) is 22.9. The zero-order valence-electron chi connectivity index (χ0n) is 35.5. The van der Waals surface area contributed by atoms with Gasteiger partial charge in [-0.3, -0.25) is 9.59 Å². The van der Waals surface area contributed by atoms with E-state index in [2.05, 4.69) is 86.8 Å². The summed E-state index contributed by atoms with van der Waals surface area (Å²) in [5.74, 6) is -0.752. The molecule has 0 aromatic heterocycles. The molecule has 4 heteroatoms. The van der Waals surface area contributed by atoms with Gasteiger partial charge in [-0.25, -0.2) is 0 Å². The predicted molar refractivity (Wildman–Crippen MR) is 236 cm³/mol. The average molecular weight is 751 g/mol. The van der Waals surface area contributed by atoms with Crippen LogP contribution in [-0.4, -0.2) is 23.1 Å². The van der Waals surface area contributed by atoms with Crippen LogP contribution in [0.4, 0.5) is 0 Å². The van der Waals surface area contributed by atoms with Crippen molar-refractivity contribution in [3.05, 3.63) is 72.9 Å². The Morgan fingerprint density at radius 2 is 0.815 bits per heavy atom. The van der Waals surface area contributed by atoms with Crippen molar-refractivity contribution in [1.82, 2.24) is 0 Å². The Morgan fingerprint density at radius 1 is 0.426 bits per heavy atom. The van der Waals surface area contributed by atoms with Crippen LogP contribution in [0.2, 0.25) is 0 Å². The van der Waals surface area contributed by atoms with E-state index < -0.39 is 5.97 Å². The molecule has 4 nitrogen and oxygen atoms in total. The molecular weight excluding hydrogens is 665 g/mol. The van der Waals surface area contributed by atoms with Gasteiger partial charge >= 0.3 is 11.9 Å². The van der Waals surface area contributed by atoms with E-state index in [0.29, 0.717) is 6.42 Å². The first-order valence-corrected chi connectivity index (χ1v) is 22.9. The molecule has 0 aliphatic rings. The van der Waals surface area contributed by atoms with Crippen molar-refractivity contribution in [3.8, 4) is 0 Å². The molecule has 1 unspecified atom stereocenters. The molecule has 0 radical (unpaired) electrons. The highest BCUT2D eigenvalue weighted by Crippen LogP contribution is 2.17. The molecule has 0 rings (SSSR count). The molecule has 0 aliphatic heterocycles. The second-order valence-corrected chi connectivity index (χ2v) is 15.2. The maximum Gasteiger partial charge on any atom is 0.306 e. The van der Waals surface area contributed by atoms with E-state index in [1.54, 1.807) is 0 Å². The summed E-state index contributed by atoms with van der Waals surface area (Å²) in [6.07, 6.45) is 63.7. The van der Waals surface area contributed by atoms with Gasteiger partial charge in [0, 0.05) is 12.8 Å². The van der Waals surface area contributed by atoms with Gasteiger partial charge in [-0.2, -0.15) is 0 Å². The van der Waals surface area contributed by atoms with E-state index in [0.717, 1.165) is 96.3 Å². The Labute approximate surface area is 335 Å². The second kappa shape index (κ2) is 44.8. The van der Waals surface area contributed by atoms with Gasteiger partial charge in [0.25, 0.3) is 0 Å². The molecule has 0 fully saturated rings. The molecule has 310 valence electrons. The first kappa shape index (κ1) is 51.4. The minimum atomic E-state index is -0.712. The van der Waals surface area contributed by atoms with Crippen molar-refractivity contribution in [3.63, 3.8) is 0 Å². The Kier molecular flexibility index (Phi) is 42.6. The molecule has 0 aromatic rings. The van der Waals surface area contributed by atoms with E-state index in [4.69, 9.17) is 9.84 Å². The van der Waals surface area contributed by atoms with Crippen LogP contribution < -0.4 is 0 Å². The standard InChI is InChI=1S/C50H86O4/c1-3-5-7-9-11-13-15-17-18-19-20-21-22-23-24-25-26-28-30-32-34-39-43-47-50(53)54-48(45-41-37-35-38-42-46-49(51)52)44-40-36-33-31-29-27-16-14-12-10-8-6-4-2/h6,8,12,14-15,17,19-20,27,29,33,36,48H,3-5,7,9-11,13,16,18,21-26,28,30-32,34-35,37-47H2,1-2H3,(H,51,52)/b8-6-,14-12-,17-15-,20-19-,29-27-,36-33-. The summed E-state index contributed by atoms with van der Waals surface area (Å²) in [7, 11) is 0. The van der Waals surface area contributed by atoms with E-state index in [-0.39, 0.29) is 18.5 Å². The van der Waals surface area contributed by atoms with Gasteiger partial charge in [-0.05, 0) is 96.3 Å². The Hall–Kier alpha value is -2.62. The summed E-state index contributed by atoms with van der Waals surface area (Å²) < 4.78 is 5.98. The minimum absolute atomic E-state index is 0.0259. The minimum Gasteiger partial charge on any atom is -0.481 e. The maximum absolute atomic E-state index is 12.7. The molecule has 0 amide bonds. The van der Waals surface area contributed by atoms with Crippen LogP contribution >= 0.6 is 0 Å². The highest BCUT2D eigenvalue weighted by atomic mass is 16.5. The number of rotatable bonds is 41. The second-order valence-electron chi connectivity index (χ2n) is 15.2. The third-order valence-electron chi connectivity index (χ3n) is 9.92. The normalized spacial score (nSPS) is 12.9. The number of esters is 1. The molecule has 0 saturated heterocycles. The summed E-state index contributed by atoms with van der Waals surface area (Å²) in [5, 5.41) is 8.84. The van der Waals surface area contributed by atoms with Gasteiger partial charge in [0.15, 0.2) is 0 Å². The third kappa shape index (κ3) is 43.8. The fourth-order valence-corrected chi connectivity index (χ4v) is 6.56. The SMILES string of the molecule is CC/C=C\C/C=C\C/C=C\C/C=C\CCC(CCCCCCCC(=O)O)OC(=O)CCCCCCCCCCCCC/C=C\C/C=C\CCCCCCC. The fraction of sp³-hybridized carbons (Fsp3) is 0.720. The van der Waals surface area contributed by atoms with Crippen LogP contribution in [-0.2, 0) is 14.3 Å². The molecule has 0 aromatic carbocycles. The fourth-order valence-electron chi connectivity index (χ4n) is 6.56. The number of ether oxygens (including phenoxy) is 1. The largest absolute Gasteiger partial charge is 0.481 e. The molecule has 0 heterocycles. The highest BCUT2D eigenvalue weighted by molar-refractivity contribution is 5.69. The molecule has 1 N–H and O–H groups in total. The molecule has 0 saturated carbocycles. The van der Waals surface area contributed by atoms with Crippen LogP contribution in [0.15, 0.2) is 72.9 Å². The van der Waals surface area contributed by atoms with E-state index >= 15 is 0 Å². The summed E-state index contributed by atoms with van der Waals surface area (Å²) in [5.41, 5.74) is 0. The van der Waals surface area contributed by atoms with Crippen molar-refractivity contribution in [2.24, 2.45) is 0 Å². The molecule has 0 aliphatic carbocycles. The molecule has 1 atom stereocenters. The number of allylic oxidation sites excluding steroid dienone is 12. The first-order chi connectivity index (χ1) is 26.6. The molecular formula is C50H86O4. The summed E-state index contributed by atoms with van der Waals surface area (Å²) in [6, 6.07) is 0. The van der Waals surface area contributed by atoms with E-state index in [1.165, 1.54) is 103 Å². The predicted octanol–water partition coefficient (Wildman–Crippen LogP) is 16.2. The van der Waals surface area contributed by atoms with Crippen LogP contribution in [0.3, 0.4) is 0 Å². The molecule has 0 bridgehead atoms. The van der Waals surface area contributed by atoms with Gasteiger partial charge in [0.2, 0.25) is 0 Å². The average Bonchev–Trinajstić information content (AvgIpc) is 3.16. The zero-order valence-corrected chi connectivity index (χ0v) is 35.5. The van der Waals surface area contributed by atoms with Gasteiger partial charge in [-0.1, -0.05) is 189 Å². The van der Waals surface area contributed by atoms with Crippen molar-refractivity contribution in [1.29, 1.82) is 0 Å². The lowest BCUT2D eigenvalue weighted by atomic mass is 10.0. The number of carboxylic acids is 1. The lowest BCUT2D eigenvalue weighted by molar-refractivity contribution is -0.150. The lowest BCUT2D eigenvalue weighted by Gasteiger charge is -2.17. The van der Waals surface area contributed by atoms with Crippen molar-refractivity contribution >= 4 is 11.9 Å². The molecule has 54 heavy (non-hydrogen) atoms. The Balaban J connectivity index is 4.01. The Bertz CT molecular complexity index is 985. The number of aliphatic carboxylic acids is 1. The number of hydrogen-bond acceptors (Lipinski definition) is 3. The number of carbonyl (C=O) groups excluding carboxylic acids is 1. The topological polar surface area (TPSA) is 63.6 Å². The monoisotopic (exact) mass is 751 g/mol. The van der Waals surface area contributed by atoms with Crippen LogP contribution in [0.1, 0.15) is 226 Å². The Morgan fingerprint density at radius 3 is 1.30 bits per heavy atom. The van der Waals surface area contributed by atoms with Crippen molar-refractivity contribution in [2.75, 3.05) is 0 Å². The van der Waals surface area contributed by atoms with Crippen LogP contribution in [0, 0.1) is 0 Å². The number of carbonyl (C=O) groups is 2. The maximum atomic E-state index is 12.7. The van der Waals surface area contributed by atoms with E-state index in [9.17, 15) is 9.59 Å². The lowest BCUT2D eigenvalue weighted by Crippen LogP contribution is -2.18. The van der Waals surface area contributed by atoms with Crippen LogP contribution in [0.25, 0.3) is 0 Å². The summed E-state index contributed by atoms with van der Waals surface area (Å²) in [6.45, 7) is 4.43. The number of unbranched alkanes of at least 4 members (excludes halogenated alkanes) is 20. The zero-order chi connectivity index (χ0) is 39.3. The third-order valence-corrected chi connectivity index (χ3v) is 9.92. The van der Waals surface area contributed by atoms with Gasteiger partial charge in [0.05, 0.1) is 0 Å². The number of hydrogen-bond donors (Lipinski definition) is 1. The summed E-state index contributed by atoms with van der Waals surface area (Å²) in [4.78, 5) is 23.5. The van der Waals surface area contributed by atoms with E-state index in [1.807, 2.05) is 0 Å². The van der Waals surface area contributed by atoms with Crippen LogP contribution in [0.5, 0.6) is 0 Å². The molecule has 0 spiro atoms. The summed E-state index contributed by atoms with van der Waals surface area (Å²) >= 11 is 0.